The molecule has 1 heterocycles. The van der Waals surface area contributed by atoms with Gasteiger partial charge in [0.25, 0.3) is 0 Å². The minimum absolute atomic E-state index is 0.0409. The number of hydrogen-bond donors (Lipinski definition) is 1. The third kappa shape index (κ3) is 3.75. The predicted molar refractivity (Wildman–Crippen MR) is 94.8 cm³/mol. The molecule has 1 aromatic rings. The Bertz CT molecular complexity index is 562. The first-order valence-corrected chi connectivity index (χ1v) is 8.44. The molecule has 0 saturated carbocycles. The molecule has 3 atom stereocenters. The predicted octanol–water partition coefficient (Wildman–Crippen LogP) is 3.52. The van der Waals surface area contributed by atoms with Gasteiger partial charge in [-0.25, -0.2) is 0 Å². The number of amides is 1. The second-order valence-corrected chi connectivity index (χ2v) is 7.34. The Morgan fingerprint density at radius 2 is 1.87 bits per heavy atom. The molecule has 3 unspecified atom stereocenters. The van der Waals surface area contributed by atoms with E-state index in [2.05, 4.69) is 37.9 Å². The number of morpholine rings is 1. The number of benzene rings is 1. The van der Waals surface area contributed by atoms with E-state index in [1.54, 1.807) is 0 Å². The van der Waals surface area contributed by atoms with E-state index >= 15 is 0 Å². The van der Waals surface area contributed by atoms with Crippen molar-refractivity contribution >= 4 is 11.6 Å². The van der Waals surface area contributed by atoms with Crippen molar-refractivity contribution in [3.05, 3.63) is 29.3 Å². The summed E-state index contributed by atoms with van der Waals surface area (Å²) in [6.45, 7) is 15.2. The summed E-state index contributed by atoms with van der Waals surface area (Å²) in [6, 6.07) is 6.04. The van der Waals surface area contributed by atoms with Crippen molar-refractivity contribution < 1.29 is 9.53 Å². The maximum atomic E-state index is 12.8. The van der Waals surface area contributed by atoms with Gasteiger partial charge >= 0.3 is 0 Å². The molecular formula is C19H30N2O2. The van der Waals surface area contributed by atoms with Crippen LogP contribution in [-0.2, 0) is 9.53 Å². The van der Waals surface area contributed by atoms with Crippen molar-refractivity contribution in [3.8, 4) is 0 Å². The molecule has 23 heavy (non-hydrogen) atoms. The zero-order valence-corrected chi connectivity index (χ0v) is 15.4. The van der Waals surface area contributed by atoms with Crippen molar-refractivity contribution in [1.82, 2.24) is 4.90 Å². The monoisotopic (exact) mass is 318 g/mol. The molecule has 128 valence electrons. The number of nitrogens with zero attached hydrogens (tertiary/aromatic N) is 1. The Kier molecular flexibility index (Phi) is 5.17. The zero-order chi connectivity index (χ0) is 17.4. The third-order valence-corrected chi connectivity index (χ3v) is 5.08. The molecule has 1 N–H and O–H groups in total. The Morgan fingerprint density at radius 1 is 1.30 bits per heavy atom. The maximum Gasteiger partial charge on any atom is 0.241 e. The van der Waals surface area contributed by atoms with E-state index in [1.165, 1.54) is 0 Å². The molecule has 4 nitrogen and oxygen atoms in total. The lowest BCUT2D eigenvalue weighted by Gasteiger charge is -2.49. The van der Waals surface area contributed by atoms with Crippen LogP contribution in [-0.4, -0.2) is 41.1 Å². The number of aryl methyl sites for hydroxylation is 2. The average Bonchev–Trinajstić information content (AvgIpc) is 2.45. The van der Waals surface area contributed by atoms with Gasteiger partial charge in [0.05, 0.1) is 17.7 Å². The van der Waals surface area contributed by atoms with Gasteiger partial charge in [-0.2, -0.15) is 0 Å². The van der Waals surface area contributed by atoms with E-state index in [1.807, 2.05) is 39.0 Å². The standard InChI is InChI=1S/C19H30N2O2/c1-12-9-8-10-13(2)17(12)20-18(22)15(4)21-11-14(3)23-19(6,7)16(21)5/h8-10,14-16H,11H2,1-7H3,(H,20,22). The summed E-state index contributed by atoms with van der Waals surface area (Å²) in [6.07, 6.45) is 0.122. The van der Waals surface area contributed by atoms with Crippen LogP contribution in [0.15, 0.2) is 18.2 Å². The highest BCUT2D eigenvalue weighted by atomic mass is 16.5. The molecule has 0 aliphatic carbocycles. The highest BCUT2D eigenvalue weighted by Crippen LogP contribution is 2.29. The summed E-state index contributed by atoms with van der Waals surface area (Å²) in [5, 5.41) is 3.12. The van der Waals surface area contributed by atoms with Gasteiger partial charge in [0.2, 0.25) is 5.91 Å². The molecule has 1 aliphatic rings. The Hall–Kier alpha value is -1.39. The van der Waals surface area contributed by atoms with Crippen molar-refractivity contribution in [2.45, 2.75) is 72.3 Å². The Balaban J connectivity index is 2.16. The number of carbonyl (C=O) groups is 1. The van der Waals surface area contributed by atoms with Crippen molar-refractivity contribution in [1.29, 1.82) is 0 Å². The highest BCUT2D eigenvalue weighted by Gasteiger charge is 2.41. The number of para-hydroxylation sites is 1. The summed E-state index contributed by atoms with van der Waals surface area (Å²) in [4.78, 5) is 15.0. The highest BCUT2D eigenvalue weighted by molar-refractivity contribution is 5.95. The normalized spacial score (nSPS) is 25.9. The summed E-state index contributed by atoms with van der Waals surface area (Å²) < 4.78 is 6.03. The van der Waals surface area contributed by atoms with Gasteiger partial charge < -0.3 is 10.1 Å². The lowest BCUT2D eigenvalue weighted by molar-refractivity contribution is -0.170. The first kappa shape index (κ1) is 18.0. The van der Waals surface area contributed by atoms with E-state index in [0.717, 1.165) is 23.4 Å². The number of rotatable bonds is 3. The van der Waals surface area contributed by atoms with Crippen molar-refractivity contribution in [2.24, 2.45) is 0 Å². The van der Waals surface area contributed by atoms with E-state index in [9.17, 15) is 4.79 Å². The minimum Gasteiger partial charge on any atom is -0.370 e. The van der Waals surface area contributed by atoms with E-state index in [4.69, 9.17) is 4.74 Å². The van der Waals surface area contributed by atoms with Crippen LogP contribution in [0.1, 0.15) is 45.7 Å². The second kappa shape index (κ2) is 6.62. The van der Waals surface area contributed by atoms with Gasteiger partial charge in [-0.3, -0.25) is 9.69 Å². The van der Waals surface area contributed by atoms with Crippen LogP contribution in [0.5, 0.6) is 0 Å². The molecule has 0 spiro atoms. The summed E-state index contributed by atoms with van der Waals surface area (Å²) in [7, 11) is 0. The summed E-state index contributed by atoms with van der Waals surface area (Å²) in [5.41, 5.74) is 2.85. The Morgan fingerprint density at radius 3 is 2.43 bits per heavy atom. The smallest absolute Gasteiger partial charge is 0.241 e. The quantitative estimate of drug-likeness (QED) is 0.927. The Labute approximate surface area is 140 Å². The average molecular weight is 318 g/mol. The first-order valence-electron chi connectivity index (χ1n) is 8.44. The van der Waals surface area contributed by atoms with Crippen molar-refractivity contribution in [3.63, 3.8) is 0 Å². The van der Waals surface area contributed by atoms with Gasteiger partial charge in [0.1, 0.15) is 0 Å². The minimum atomic E-state index is -0.259. The summed E-state index contributed by atoms with van der Waals surface area (Å²) >= 11 is 0. The number of ether oxygens (including phenoxy) is 1. The fraction of sp³-hybridized carbons (Fsp3) is 0.632. The lowest BCUT2D eigenvalue weighted by Crippen LogP contribution is -2.62. The molecule has 2 rings (SSSR count). The van der Waals surface area contributed by atoms with Crippen LogP contribution in [0.2, 0.25) is 0 Å². The molecule has 0 aromatic heterocycles. The molecule has 1 fully saturated rings. The number of anilines is 1. The van der Waals surface area contributed by atoms with Crippen LogP contribution in [0.4, 0.5) is 5.69 Å². The molecule has 0 radical (unpaired) electrons. The van der Waals surface area contributed by atoms with Gasteiger partial charge in [-0.1, -0.05) is 18.2 Å². The molecular weight excluding hydrogens is 288 g/mol. The number of nitrogens with one attached hydrogen (secondary N) is 1. The molecule has 0 bridgehead atoms. The van der Waals surface area contributed by atoms with E-state index in [0.29, 0.717) is 0 Å². The lowest BCUT2D eigenvalue weighted by atomic mass is 9.94. The van der Waals surface area contributed by atoms with Crippen LogP contribution < -0.4 is 5.32 Å². The fourth-order valence-corrected chi connectivity index (χ4v) is 3.39. The van der Waals surface area contributed by atoms with Crippen LogP contribution in [0, 0.1) is 13.8 Å². The van der Waals surface area contributed by atoms with Crippen LogP contribution in [0.25, 0.3) is 0 Å². The van der Waals surface area contributed by atoms with Gasteiger partial charge in [-0.05, 0) is 59.6 Å². The molecule has 1 saturated heterocycles. The van der Waals surface area contributed by atoms with Gasteiger partial charge in [-0.15, -0.1) is 0 Å². The van der Waals surface area contributed by atoms with Crippen LogP contribution in [0.3, 0.4) is 0 Å². The SMILES string of the molecule is Cc1cccc(C)c1NC(=O)C(C)N1CC(C)OC(C)(C)C1C. The largest absolute Gasteiger partial charge is 0.370 e. The molecule has 1 amide bonds. The van der Waals surface area contributed by atoms with E-state index in [-0.39, 0.29) is 29.7 Å². The third-order valence-electron chi connectivity index (χ3n) is 5.08. The van der Waals surface area contributed by atoms with Gasteiger partial charge in [0.15, 0.2) is 0 Å². The first-order chi connectivity index (χ1) is 10.6. The van der Waals surface area contributed by atoms with E-state index < -0.39 is 0 Å². The molecule has 1 aromatic carbocycles. The number of hydrogen-bond acceptors (Lipinski definition) is 3. The van der Waals surface area contributed by atoms with Gasteiger partial charge in [0, 0.05) is 18.3 Å². The second-order valence-electron chi connectivity index (χ2n) is 7.34. The van der Waals surface area contributed by atoms with Crippen LogP contribution >= 0.6 is 0 Å². The fourth-order valence-electron chi connectivity index (χ4n) is 3.39. The van der Waals surface area contributed by atoms with Crippen molar-refractivity contribution in [2.75, 3.05) is 11.9 Å². The maximum absolute atomic E-state index is 12.8. The number of carbonyl (C=O) groups excluding carboxylic acids is 1. The topological polar surface area (TPSA) is 41.6 Å². The summed E-state index contributed by atoms with van der Waals surface area (Å²) in [5.74, 6) is 0.0409. The molecule has 1 aliphatic heterocycles. The molecule has 4 heteroatoms. The zero-order valence-electron chi connectivity index (χ0n) is 15.4.